The molecule has 1 aliphatic carbocycles. The Bertz CT molecular complexity index is 940. The van der Waals surface area contributed by atoms with Crippen molar-refractivity contribution >= 4 is 5.78 Å². The first-order valence-corrected chi connectivity index (χ1v) is 8.41. The highest BCUT2D eigenvalue weighted by Crippen LogP contribution is 2.39. The van der Waals surface area contributed by atoms with Gasteiger partial charge in [0.05, 0.1) is 22.6 Å². The molecule has 0 N–H and O–H groups in total. The molecule has 0 unspecified atom stereocenters. The summed E-state index contributed by atoms with van der Waals surface area (Å²) in [5.41, 5.74) is 3.84. The summed E-state index contributed by atoms with van der Waals surface area (Å²) in [6, 6.07) is 16.0. The van der Waals surface area contributed by atoms with Gasteiger partial charge in [-0.1, -0.05) is 32.0 Å². The number of fused-ring (bicyclic) bond motifs is 1. The second-order valence-electron chi connectivity index (χ2n) is 7.37. The lowest BCUT2D eigenvalue weighted by Crippen LogP contribution is -2.26. The van der Waals surface area contributed by atoms with Gasteiger partial charge in [0.25, 0.3) is 0 Å². The van der Waals surface area contributed by atoms with Crippen LogP contribution < -0.4 is 0 Å². The lowest BCUT2D eigenvalue weighted by Gasteiger charge is -2.27. The van der Waals surface area contributed by atoms with Crippen LogP contribution in [-0.2, 0) is 6.42 Å². The Labute approximate surface area is 146 Å². The fourth-order valence-corrected chi connectivity index (χ4v) is 3.55. The Morgan fingerprint density at radius 2 is 1.68 bits per heavy atom. The molecule has 4 heteroatoms. The maximum absolute atomic E-state index is 13.4. The summed E-state index contributed by atoms with van der Waals surface area (Å²) in [5.74, 6) is -0.191. The van der Waals surface area contributed by atoms with Gasteiger partial charge < -0.3 is 0 Å². The molecule has 0 saturated heterocycles. The van der Waals surface area contributed by atoms with E-state index in [1.807, 2.05) is 35.0 Å². The third-order valence-corrected chi connectivity index (χ3v) is 4.64. The van der Waals surface area contributed by atoms with E-state index in [4.69, 9.17) is 5.10 Å². The minimum Gasteiger partial charge on any atom is -0.294 e. The second-order valence-corrected chi connectivity index (χ2v) is 7.37. The quantitative estimate of drug-likeness (QED) is 0.672. The lowest BCUT2D eigenvalue weighted by molar-refractivity contribution is 0.0912. The number of hydrogen-bond donors (Lipinski definition) is 0. The Kier molecular flexibility index (Phi) is 3.57. The molecule has 4 rings (SSSR count). The number of aromatic nitrogens is 2. The van der Waals surface area contributed by atoms with Crippen molar-refractivity contribution < 1.29 is 9.18 Å². The van der Waals surface area contributed by atoms with Gasteiger partial charge in [-0.2, -0.15) is 5.10 Å². The summed E-state index contributed by atoms with van der Waals surface area (Å²) in [4.78, 5) is 12.9. The second kappa shape index (κ2) is 5.66. The zero-order valence-corrected chi connectivity index (χ0v) is 14.3. The summed E-state index contributed by atoms with van der Waals surface area (Å²) in [7, 11) is 0. The average Bonchev–Trinajstić information content (AvgIpc) is 2.94. The van der Waals surface area contributed by atoms with Gasteiger partial charge in [0.15, 0.2) is 5.78 Å². The molecule has 0 amide bonds. The van der Waals surface area contributed by atoms with Crippen LogP contribution in [0, 0.1) is 11.2 Å². The van der Waals surface area contributed by atoms with Crippen LogP contribution in [0.15, 0.2) is 54.6 Å². The van der Waals surface area contributed by atoms with Gasteiger partial charge in [0.2, 0.25) is 0 Å². The van der Waals surface area contributed by atoms with E-state index in [2.05, 4.69) is 13.8 Å². The van der Waals surface area contributed by atoms with Crippen molar-refractivity contribution in [2.24, 2.45) is 5.41 Å². The van der Waals surface area contributed by atoms with Crippen molar-refractivity contribution in [1.82, 2.24) is 9.78 Å². The average molecular weight is 334 g/mol. The third kappa shape index (κ3) is 2.78. The monoisotopic (exact) mass is 334 g/mol. The molecule has 1 heterocycles. The van der Waals surface area contributed by atoms with Gasteiger partial charge in [-0.05, 0) is 48.2 Å². The normalized spacial score (nSPS) is 15.9. The van der Waals surface area contributed by atoms with E-state index >= 15 is 0 Å². The molecule has 1 aromatic heterocycles. The van der Waals surface area contributed by atoms with Crippen LogP contribution >= 0.6 is 0 Å². The lowest BCUT2D eigenvalue weighted by atomic mass is 9.75. The van der Waals surface area contributed by atoms with E-state index in [0.29, 0.717) is 12.0 Å². The van der Waals surface area contributed by atoms with E-state index < -0.39 is 0 Å². The molecule has 1 aliphatic rings. The number of Topliss-reactive ketones (excluding diaryl/α,β-unsaturated/α-hetero) is 1. The van der Waals surface area contributed by atoms with E-state index in [9.17, 15) is 9.18 Å². The van der Waals surface area contributed by atoms with Gasteiger partial charge in [0.1, 0.15) is 5.82 Å². The van der Waals surface area contributed by atoms with E-state index in [-0.39, 0.29) is 17.0 Å². The first-order chi connectivity index (χ1) is 11.9. The number of benzene rings is 2. The van der Waals surface area contributed by atoms with Crippen LogP contribution in [0.2, 0.25) is 0 Å². The molecule has 0 fully saturated rings. The van der Waals surface area contributed by atoms with Crippen molar-refractivity contribution in [3.05, 3.63) is 71.7 Å². The minimum absolute atomic E-state index is 0.0972. The predicted octanol–water partition coefficient (Wildman–Crippen LogP) is 4.83. The van der Waals surface area contributed by atoms with Gasteiger partial charge in [-0.25, -0.2) is 9.07 Å². The standard InChI is InChI=1S/C21H19FN2O/c1-21(2)12-17-19(18(25)13-21)20(14-8-10-15(22)11-9-14)24(23-17)16-6-4-3-5-7-16/h3-11H,12-13H2,1-2H3. The predicted molar refractivity (Wildman–Crippen MR) is 95.4 cm³/mol. The van der Waals surface area contributed by atoms with Crippen LogP contribution in [0.5, 0.6) is 0 Å². The zero-order valence-electron chi connectivity index (χ0n) is 14.3. The highest BCUT2D eigenvalue weighted by atomic mass is 19.1. The topological polar surface area (TPSA) is 34.9 Å². The Morgan fingerprint density at radius 3 is 2.36 bits per heavy atom. The number of carbonyl (C=O) groups excluding carboxylic acids is 1. The van der Waals surface area contributed by atoms with Crippen LogP contribution in [0.4, 0.5) is 4.39 Å². The molecule has 126 valence electrons. The van der Waals surface area contributed by atoms with Crippen LogP contribution in [0.25, 0.3) is 16.9 Å². The molecular formula is C21H19FN2O. The van der Waals surface area contributed by atoms with Crippen molar-refractivity contribution in [1.29, 1.82) is 0 Å². The number of rotatable bonds is 2. The SMILES string of the molecule is CC1(C)CC(=O)c2c(nn(-c3ccccc3)c2-c2ccc(F)cc2)C1. The van der Waals surface area contributed by atoms with Crippen LogP contribution in [0.3, 0.4) is 0 Å². The molecule has 3 aromatic rings. The zero-order chi connectivity index (χ0) is 17.6. The number of hydrogen-bond acceptors (Lipinski definition) is 2. The summed E-state index contributed by atoms with van der Waals surface area (Å²) in [6.07, 6.45) is 1.25. The van der Waals surface area contributed by atoms with Crippen molar-refractivity contribution in [2.75, 3.05) is 0 Å². The third-order valence-electron chi connectivity index (χ3n) is 4.64. The number of nitrogens with zero attached hydrogens (tertiary/aromatic N) is 2. The molecule has 0 bridgehead atoms. The summed E-state index contributed by atoms with van der Waals surface area (Å²) in [5, 5.41) is 4.77. The number of halogens is 1. The van der Waals surface area contributed by atoms with Gasteiger partial charge in [-0.3, -0.25) is 4.79 Å². The van der Waals surface area contributed by atoms with Crippen molar-refractivity contribution in [2.45, 2.75) is 26.7 Å². The maximum Gasteiger partial charge on any atom is 0.167 e. The molecular weight excluding hydrogens is 315 g/mol. The summed E-state index contributed by atoms with van der Waals surface area (Å²) in [6.45, 7) is 4.18. The van der Waals surface area contributed by atoms with E-state index in [1.165, 1.54) is 12.1 Å². The van der Waals surface area contributed by atoms with E-state index in [0.717, 1.165) is 29.1 Å². The van der Waals surface area contributed by atoms with Crippen molar-refractivity contribution in [3.63, 3.8) is 0 Å². The molecule has 0 spiro atoms. The fraction of sp³-hybridized carbons (Fsp3) is 0.238. The Hall–Kier alpha value is -2.75. The van der Waals surface area contributed by atoms with Crippen LogP contribution in [0.1, 0.15) is 36.3 Å². The maximum atomic E-state index is 13.4. The first kappa shape index (κ1) is 15.8. The largest absolute Gasteiger partial charge is 0.294 e. The minimum atomic E-state index is -0.296. The molecule has 3 nitrogen and oxygen atoms in total. The Balaban J connectivity index is 1.99. The molecule has 0 saturated carbocycles. The number of carbonyl (C=O) groups is 1. The molecule has 2 aromatic carbocycles. The molecule has 0 radical (unpaired) electrons. The molecule has 25 heavy (non-hydrogen) atoms. The fourth-order valence-electron chi connectivity index (χ4n) is 3.55. The highest BCUT2D eigenvalue weighted by Gasteiger charge is 2.36. The summed E-state index contributed by atoms with van der Waals surface area (Å²) >= 11 is 0. The summed E-state index contributed by atoms with van der Waals surface area (Å²) < 4.78 is 15.2. The first-order valence-electron chi connectivity index (χ1n) is 8.41. The van der Waals surface area contributed by atoms with Crippen LogP contribution in [-0.4, -0.2) is 15.6 Å². The molecule has 0 atom stereocenters. The highest BCUT2D eigenvalue weighted by molar-refractivity contribution is 6.04. The van der Waals surface area contributed by atoms with Crippen molar-refractivity contribution in [3.8, 4) is 16.9 Å². The molecule has 0 aliphatic heterocycles. The number of ketones is 1. The van der Waals surface area contributed by atoms with Gasteiger partial charge in [-0.15, -0.1) is 0 Å². The smallest absolute Gasteiger partial charge is 0.167 e. The van der Waals surface area contributed by atoms with Gasteiger partial charge in [0, 0.05) is 12.0 Å². The van der Waals surface area contributed by atoms with Gasteiger partial charge >= 0.3 is 0 Å². The van der Waals surface area contributed by atoms with E-state index in [1.54, 1.807) is 12.1 Å². The Morgan fingerprint density at radius 1 is 1.00 bits per heavy atom. The number of para-hydroxylation sites is 1.